The highest BCUT2D eigenvalue weighted by molar-refractivity contribution is 4.66. The van der Waals surface area contributed by atoms with Gasteiger partial charge in [-0.15, -0.1) is 0 Å². The number of ether oxygens (including phenoxy) is 3. The quantitative estimate of drug-likeness (QED) is 0.417. The molecule has 0 heterocycles. The summed E-state index contributed by atoms with van der Waals surface area (Å²) in [5.41, 5.74) is 0. The van der Waals surface area contributed by atoms with Gasteiger partial charge < -0.3 is 14.2 Å². The monoisotopic (exact) mass is 288 g/mol. The lowest BCUT2D eigenvalue weighted by Crippen LogP contribution is -2.27. The Bertz CT molecular complexity index is 185. The summed E-state index contributed by atoms with van der Waals surface area (Å²) < 4.78 is 17.3. The van der Waals surface area contributed by atoms with Crippen LogP contribution >= 0.6 is 0 Å². The lowest BCUT2D eigenvalue weighted by Gasteiger charge is -2.24. The van der Waals surface area contributed by atoms with Crippen molar-refractivity contribution < 1.29 is 14.2 Å². The van der Waals surface area contributed by atoms with Gasteiger partial charge in [-0.1, -0.05) is 33.6 Å². The maximum absolute atomic E-state index is 5.85. The SMILES string of the molecule is CCCCOCCC(COCCCC)C(C)OCCC. The number of hydrogen-bond donors (Lipinski definition) is 0. The van der Waals surface area contributed by atoms with Crippen LogP contribution in [0.5, 0.6) is 0 Å². The van der Waals surface area contributed by atoms with E-state index in [4.69, 9.17) is 14.2 Å². The van der Waals surface area contributed by atoms with Crippen LogP contribution in [0.2, 0.25) is 0 Å². The number of hydrogen-bond acceptors (Lipinski definition) is 3. The molecule has 0 N–H and O–H groups in total. The van der Waals surface area contributed by atoms with Crippen molar-refractivity contribution in [3.63, 3.8) is 0 Å². The smallest absolute Gasteiger partial charge is 0.0597 e. The van der Waals surface area contributed by atoms with Crippen LogP contribution in [0.25, 0.3) is 0 Å². The van der Waals surface area contributed by atoms with Crippen LogP contribution in [0.15, 0.2) is 0 Å². The highest BCUT2D eigenvalue weighted by Crippen LogP contribution is 2.14. The number of rotatable bonds is 15. The van der Waals surface area contributed by atoms with Crippen molar-refractivity contribution in [2.75, 3.05) is 33.0 Å². The second kappa shape index (κ2) is 15.3. The zero-order valence-corrected chi connectivity index (χ0v) is 14.2. The van der Waals surface area contributed by atoms with Gasteiger partial charge in [-0.2, -0.15) is 0 Å². The van der Waals surface area contributed by atoms with Crippen molar-refractivity contribution in [3.8, 4) is 0 Å². The van der Waals surface area contributed by atoms with E-state index in [1.165, 1.54) is 12.8 Å². The molecule has 0 saturated heterocycles. The molecule has 0 spiro atoms. The molecule has 20 heavy (non-hydrogen) atoms. The van der Waals surface area contributed by atoms with E-state index in [1.807, 2.05) is 0 Å². The Balaban J connectivity index is 3.90. The van der Waals surface area contributed by atoms with E-state index in [9.17, 15) is 0 Å². The van der Waals surface area contributed by atoms with Crippen molar-refractivity contribution >= 4 is 0 Å². The van der Waals surface area contributed by atoms with E-state index in [0.717, 1.165) is 58.7 Å². The van der Waals surface area contributed by atoms with Crippen molar-refractivity contribution in [1.82, 2.24) is 0 Å². The Morgan fingerprint density at radius 1 is 0.750 bits per heavy atom. The normalized spacial score (nSPS) is 14.4. The molecule has 0 amide bonds. The molecule has 2 atom stereocenters. The highest BCUT2D eigenvalue weighted by Gasteiger charge is 2.18. The van der Waals surface area contributed by atoms with Crippen LogP contribution in [-0.4, -0.2) is 39.1 Å². The van der Waals surface area contributed by atoms with Crippen LogP contribution in [0.1, 0.15) is 66.2 Å². The highest BCUT2D eigenvalue weighted by atomic mass is 16.5. The van der Waals surface area contributed by atoms with E-state index < -0.39 is 0 Å². The molecule has 3 heteroatoms. The molecule has 122 valence electrons. The molecule has 0 aliphatic rings. The van der Waals surface area contributed by atoms with E-state index in [0.29, 0.717) is 5.92 Å². The molecule has 2 unspecified atom stereocenters. The third kappa shape index (κ3) is 11.7. The topological polar surface area (TPSA) is 27.7 Å². The Hall–Kier alpha value is -0.120. The van der Waals surface area contributed by atoms with Gasteiger partial charge in [-0.05, 0) is 32.6 Å². The van der Waals surface area contributed by atoms with E-state index >= 15 is 0 Å². The minimum atomic E-state index is 0.256. The van der Waals surface area contributed by atoms with Crippen LogP contribution in [0.3, 0.4) is 0 Å². The zero-order chi connectivity index (χ0) is 15.1. The predicted octanol–water partition coefficient (Wildman–Crippen LogP) is 4.44. The Morgan fingerprint density at radius 3 is 2.00 bits per heavy atom. The summed E-state index contributed by atoms with van der Waals surface area (Å²) >= 11 is 0. The molecule has 0 rings (SSSR count). The molecule has 0 aromatic carbocycles. The summed E-state index contributed by atoms with van der Waals surface area (Å²) in [7, 11) is 0. The molecular formula is C17H36O3. The maximum Gasteiger partial charge on any atom is 0.0597 e. The second-order valence-electron chi connectivity index (χ2n) is 5.52. The first-order chi connectivity index (χ1) is 9.76. The summed E-state index contributed by atoms with van der Waals surface area (Å²) in [5, 5.41) is 0. The third-order valence-electron chi connectivity index (χ3n) is 3.50. The van der Waals surface area contributed by atoms with E-state index in [2.05, 4.69) is 27.7 Å². The molecule has 0 aliphatic heterocycles. The fraction of sp³-hybridized carbons (Fsp3) is 1.00. The van der Waals surface area contributed by atoms with Gasteiger partial charge in [0.05, 0.1) is 12.7 Å². The van der Waals surface area contributed by atoms with Gasteiger partial charge in [0, 0.05) is 32.3 Å². The van der Waals surface area contributed by atoms with Crippen molar-refractivity contribution in [2.45, 2.75) is 72.3 Å². The van der Waals surface area contributed by atoms with Crippen LogP contribution in [0.4, 0.5) is 0 Å². The van der Waals surface area contributed by atoms with Gasteiger partial charge in [0.1, 0.15) is 0 Å². The van der Waals surface area contributed by atoms with E-state index in [1.54, 1.807) is 0 Å². The lowest BCUT2D eigenvalue weighted by atomic mass is 10.0. The average Bonchev–Trinajstić information content (AvgIpc) is 2.46. The van der Waals surface area contributed by atoms with Gasteiger partial charge in [0.2, 0.25) is 0 Å². The molecule has 0 aromatic heterocycles. The predicted molar refractivity (Wildman–Crippen MR) is 85.3 cm³/mol. The number of unbranched alkanes of at least 4 members (excludes halogenated alkanes) is 2. The van der Waals surface area contributed by atoms with Crippen LogP contribution < -0.4 is 0 Å². The summed E-state index contributed by atoms with van der Waals surface area (Å²) in [6, 6.07) is 0. The first-order valence-electron chi connectivity index (χ1n) is 8.53. The van der Waals surface area contributed by atoms with Gasteiger partial charge in [-0.25, -0.2) is 0 Å². The summed E-state index contributed by atoms with van der Waals surface area (Å²) in [4.78, 5) is 0. The first kappa shape index (κ1) is 19.9. The molecular weight excluding hydrogens is 252 g/mol. The molecule has 0 aromatic rings. The lowest BCUT2D eigenvalue weighted by molar-refractivity contribution is -0.0259. The standard InChI is InChI=1S/C17H36O3/c1-5-8-12-18-14-10-17(15-19-13-9-6-2)16(4)20-11-7-3/h16-17H,5-15H2,1-4H3. The molecule has 0 radical (unpaired) electrons. The van der Waals surface area contributed by atoms with Crippen LogP contribution in [-0.2, 0) is 14.2 Å². The Kier molecular flexibility index (Phi) is 15.2. The van der Waals surface area contributed by atoms with Gasteiger partial charge >= 0.3 is 0 Å². The minimum absolute atomic E-state index is 0.256. The fourth-order valence-corrected chi connectivity index (χ4v) is 1.96. The van der Waals surface area contributed by atoms with Gasteiger partial charge in [-0.3, -0.25) is 0 Å². The van der Waals surface area contributed by atoms with Gasteiger partial charge in [0.15, 0.2) is 0 Å². The summed E-state index contributed by atoms with van der Waals surface area (Å²) in [6.07, 6.45) is 7.03. The molecule has 0 saturated carbocycles. The summed E-state index contributed by atoms with van der Waals surface area (Å²) in [5.74, 6) is 0.444. The van der Waals surface area contributed by atoms with Crippen molar-refractivity contribution in [2.24, 2.45) is 5.92 Å². The third-order valence-corrected chi connectivity index (χ3v) is 3.50. The largest absolute Gasteiger partial charge is 0.381 e. The second-order valence-corrected chi connectivity index (χ2v) is 5.52. The molecule has 0 aliphatic carbocycles. The van der Waals surface area contributed by atoms with Crippen LogP contribution in [0, 0.1) is 5.92 Å². The minimum Gasteiger partial charge on any atom is -0.381 e. The van der Waals surface area contributed by atoms with Crippen molar-refractivity contribution in [1.29, 1.82) is 0 Å². The average molecular weight is 288 g/mol. The fourth-order valence-electron chi connectivity index (χ4n) is 1.96. The molecule has 3 nitrogen and oxygen atoms in total. The molecule has 0 bridgehead atoms. The summed E-state index contributed by atoms with van der Waals surface area (Å²) in [6.45, 7) is 12.9. The van der Waals surface area contributed by atoms with Crippen molar-refractivity contribution in [3.05, 3.63) is 0 Å². The Labute approximate surface area is 126 Å². The van der Waals surface area contributed by atoms with Gasteiger partial charge in [0.25, 0.3) is 0 Å². The zero-order valence-electron chi connectivity index (χ0n) is 14.2. The van der Waals surface area contributed by atoms with E-state index in [-0.39, 0.29) is 6.10 Å². The molecule has 0 fully saturated rings. The first-order valence-corrected chi connectivity index (χ1v) is 8.53. The Morgan fingerprint density at radius 2 is 1.40 bits per heavy atom. The maximum atomic E-state index is 5.85.